The summed E-state index contributed by atoms with van der Waals surface area (Å²) in [5, 5.41) is 7.42. The van der Waals surface area contributed by atoms with Crippen molar-refractivity contribution in [2.45, 2.75) is 59.6 Å². The smallest absolute Gasteiger partial charge is 0.481 e. The molecule has 0 aliphatic carbocycles. The molecule has 1 atom stereocenters. The maximum Gasteiger partial charge on any atom is 0.501 e. The van der Waals surface area contributed by atoms with E-state index in [-0.39, 0.29) is 6.10 Å². The summed E-state index contributed by atoms with van der Waals surface area (Å²) < 4.78 is 17.6. The van der Waals surface area contributed by atoms with Crippen molar-refractivity contribution in [3.05, 3.63) is 0 Å². The van der Waals surface area contributed by atoms with Gasteiger partial charge in [0.2, 0.25) is 0 Å². The van der Waals surface area contributed by atoms with Gasteiger partial charge in [0.1, 0.15) is 0 Å². The first kappa shape index (κ1) is 22.2. The normalized spacial score (nSPS) is 12.5. The summed E-state index contributed by atoms with van der Waals surface area (Å²) in [5.74, 6) is 0.0127. The van der Waals surface area contributed by atoms with E-state index in [4.69, 9.17) is 23.2 Å². The topological polar surface area (TPSA) is 65.0 Å². The maximum atomic E-state index is 9.00. The van der Waals surface area contributed by atoms with Crippen LogP contribution < -0.4 is 0 Å². The van der Waals surface area contributed by atoms with Crippen molar-refractivity contribution in [2.24, 2.45) is 0 Å². The molecule has 0 heterocycles. The molecule has 0 radical (unpaired) electrons. The molecule has 0 aromatic carbocycles. The van der Waals surface area contributed by atoms with Gasteiger partial charge in [-0.2, -0.15) is 12.6 Å². The van der Waals surface area contributed by atoms with Crippen molar-refractivity contribution in [1.29, 1.82) is 0 Å². The third kappa shape index (κ3) is 12.9. The van der Waals surface area contributed by atoms with E-state index >= 15 is 0 Å². The van der Waals surface area contributed by atoms with Gasteiger partial charge in [-0.1, -0.05) is 6.92 Å². The first-order valence-electron chi connectivity index (χ1n) is 7.13. The molecule has 0 aliphatic heterocycles. The minimum absolute atomic E-state index is 0.199. The van der Waals surface area contributed by atoms with E-state index in [1.165, 1.54) is 0 Å². The van der Waals surface area contributed by atoms with Crippen LogP contribution in [0.2, 0.25) is 6.04 Å². The highest BCUT2D eigenvalue weighted by Crippen LogP contribution is 2.21. The van der Waals surface area contributed by atoms with Crippen LogP contribution in [0.15, 0.2) is 0 Å². The zero-order valence-corrected chi connectivity index (χ0v) is 15.2. The Morgan fingerprint density at radius 2 is 1.70 bits per heavy atom. The van der Waals surface area contributed by atoms with Gasteiger partial charge in [-0.05, 0) is 39.4 Å². The van der Waals surface area contributed by atoms with Crippen molar-refractivity contribution in [3.63, 3.8) is 0 Å². The van der Waals surface area contributed by atoms with Gasteiger partial charge in [0.05, 0.1) is 0 Å². The zero-order chi connectivity index (χ0) is 16.0. The number of aliphatic carboxylic acids is 1. The predicted molar refractivity (Wildman–Crippen MR) is 86.4 cm³/mol. The summed E-state index contributed by atoms with van der Waals surface area (Å²) in [6.07, 6.45) is 2.16. The van der Waals surface area contributed by atoms with Crippen LogP contribution in [0.3, 0.4) is 0 Å². The molecule has 0 spiro atoms. The molecule has 0 fully saturated rings. The van der Waals surface area contributed by atoms with Gasteiger partial charge < -0.3 is 18.4 Å². The molecule has 0 aromatic heterocycles. The van der Waals surface area contributed by atoms with Crippen LogP contribution in [-0.4, -0.2) is 45.0 Å². The standard InChI is InChI=1S/C11H26O3SSi.C2H4O2/c1-5-11(4)14-16(12-6-2,13-7-3)10-8-9-15;1-2(3)4/h11,15H,5-10H2,1-4H3;1H3,(H,3,4). The lowest BCUT2D eigenvalue weighted by atomic mass is 10.3. The minimum Gasteiger partial charge on any atom is -0.481 e. The molecule has 122 valence electrons. The van der Waals surface area contributed by atoms with Crippen molar-refractivity contribution < 1.29 is 23.2 Å². The average molecular weight is 327 g/mol. The molecular weight excluding hydrogens is 296 g/mol. The molecule has 0 saturated heterocycles. The maximum absolute atomic E-state index is 9.00. The molecule has 1 N–H and O–H groups in total. The Labute approximate surface area is 129 Å². The van der Waals surface area contributed by atoms with Gasteiger partial charge in [-0.15, -0.1) is 0 Å². The first-order chi connectivity index (χ1) is 9.37. The highest BCUT2D eigenvalue weighted by molar-refractivity contribution is 7.80. The van der Waals surface area contributed by atoms with Gasteiger partial charge in [0, 0.05) is 32.3 Å². The molecule has 1 unspecified atom stereocenters. The van der Waals surface area contributed by atoms with Crippen LogP contribution >= 0.6 is 12.6 Å². The molecule has 0 saturated carbocycles. The summed E-state index contributed by atoms with van der Waals surface area (Å²) in [5.41, 5.74) is 0. The van der Waals surface area contributed by atoms with Crippen LogP contribution in [0.4, 0.5) is 0 Å². The molecular formula is C13H30O5SSi. The SMILES string of the molecule is CC(=O)O.CCO[Si](CCCS)(OCC)OC(C)CC. The summed E-state index contributed by atoms with van der Waals surface area (Å²) in [4.78, 5) is 9.00. The van der Waals surface area contributed by atoms with Crippen molar-refractivity contribution in [3.8, 4) is 0 Å². The molecule has 0 aromatic rings. The Kier molecular flexibility index (Phi) is 15.4. The fourth-order valence-corrected chi connectivity index (χ4v) is 4.79. The largest absolute Gasteiger partial charge is 0.501 e. The van der Waals surface area contributed by atoms with E-state index in [1.807, 2.05) is 13.8 Å². The van der Waals surface area contributed by atoms with Crippen LogP contribution in [0.25, 0.3) is 0 Å². The highest BCUT2D eigenvalue weighted by Gasteiger charge is 2.41. The fourth-order valence-electron chi connectivity index (χ4n) is 1.44. The first-order valence-corrected chi connectivity index (χ1v) is 9.69. The number of carbonyl (C=O) groups is 1. The molecule has 0 rings (SSSR count). The fraction of sp³-hybridized carbons (Fsp3) is 0.923. The third-order valence-corrected chi connectivity index (χ3v) is 5.83. The van der Waals surface area contributed by atoms with E-state index in [1.54, 1.807) is 0 Å². The van der Waals surface area contributed by atoms with Crippen LogP contribution in [0, 0.1) is 0 Å². The van der Waals surface area contributed by atoms with Gasteiger partial charge in [-0.3, -0.25) is 4.79 Å². The average Bonchev–Trinajstić information content (AvgIpc) is 2.36. The number of carboxylic acid groups (broad SMARTS) is 1. The Morgan fingerprint density at radius 3 is 2.00 bits per heavy atom. The van der Waals surface area contributed by atoms with Crippen LogP contribution in [0.5, 0.6) is 0 Å². The Morgan fingerprint density at radius 1 is 1.25 bits per heavy atom. The molecule has 7 heteroatoms. The number of hydrogen-bond donors (Lipinski definition) is 2. The minimum atomic E-state index is -2.45. The highest BCUT2D eigenvalue weighted by atomic mass is 32.1. The van der Waals surface area contributed by atoms with Gasteiger partial charge >= 0.3 is 8.80 Å². The summed E-state index contributed by atoms with van der Waals surface area (Å²) in [6.45, 7) is 10.5. The monoisotopic (exact) mass is 326 g/mol. The molecule has 0 aliphatic rings. The van der Waals surface area contributed by atoms with E-state index in [0.717, 1.165) is 31.6 Å². The molecule has 0 bridgehead atoms. The lowest BCUT2D eigenvalue weighted by Crippen LogP contribution is -2.48. The van der Waals surface area contributed by atoms with Gasteiger partial charge in [0.25, 0.3) is 5.97 Å². The zero-order valence-electron chi connectivity index (χ0n) is 13.3. The molecule has 0 amide bonds. The van der Waals surface area contributed by atoms with Crippen molar-refractivity contribution in [2.75, 3.05) is 19.0 Å². The number of thiol groups is 1. The Balaban J connectivity index is 0. The van der Waals surface area contributed by atoms with Gasteiger partial charge in [0.15, 0.2) is 0 Å². The van der Waals surface area contributed by atoms with Crippen molar-refractivity contribution in [1.82, 2.24) is 0 Å². The quantitative estimate of drug-likeness (QED) is 0.477. The summed E-state index contributed by atoms with van der Waals surface area (Å²) in [7, 11) is -2.45. The number of hydrogen-bond acceptors (Lipinski definition) is 5. The molecule has 5 nitrogen and oxygen atoms in total. The molecule has 20 heavy (non-hydrogen) atoms. The second-order valence-electron chi connectivity index (χ2n) is 4.23. The van der Waals surface area contributed by atoms with Crippen LogP contribution in [-0.2, 0) is 18.1 Å². The van der Waals surface area contributed by atoms with Gasteiger partial charge in [-0.25, -0.2) is 0 Å². The lowest BCUT2D eigenvalue weighted by molar-refractivity contribution is -0.134. The Hall–Kier alpha value is -0.0831. The number of carboxylic acids is 1. The Bertz CT molecular complexity index is 231. The van der Waals surface area contributed by atoms with E-state index in [9.17, 15) is 0 Å². The third-order valence-electron chi connectivity index (χ3n) is 2.33. The van der Waals surface area contributed by atoms with Crippen LogP contribution in [0.1, 0.15) is 47.5 Å². The van der Waals surface area contributed by atoms with E-state index in [0.29, 0.717) is 13.2 Å². The number of rotatable bonds is 10. The summed E-state index contributed by atoms with van der Waals surface area (Å²) in [6, 6.07) is 0.864. The van der Waals surface area contributed by atoms with E-state index in [2.05, 4.69) is 26.5 Å². The summed E-state index contributed by atoms with van der Waals surface area (Å²) >= 11 is 4.24. The van der Waals surface area contributed by atoms with E-state index < -0.39 is 14.8 Å². The lowest BCUT2D eigenvalue weighted by Gasteiger charge is -2.31. The predicted octanol–water partition coefficient (Wildman–Crippen LogP) is 3.22. The van der Waals surface area contributed by atoms with Crippen molar-refractivity contribution >= 4 is 27.4 Å². The second-order valence-corrected chi connectivity index (χ2v) is 7.36. The second kappa shape index (κ2) is 13.9.